The lowest BCUT2D eigenvalue weighted by molar-refractivity contribution is -0.142. The van der Waals surface area contributed by atoms with E-state index in [1.54, 1.807) is 18.7 Å². The van der Waals surface area contributed by atoms with Crippen molar-refractivity contribution in [1.82, 2.24) is 5.43 Å². The molecule has 1 saturated heterocycles. The number of hydrogen-bond acceptors (Lipinski definition) is 6. The second kappa shape index (κ2) is 6.37. The number of ether oxygens (including phenoxy) is 2. The number of carbonyl (C=O) groups is 2. The maximum atomic E-state index is 11.3. The third-order valence-electron chi connectivity index (χ3n) is 1.99. The van der Waals surface area contributed by atoms with E-state index >= 15 is 0 Å². The second-order valence-electron chi connectivity index (χ2n) is 3.03. The van der Waals surface area contributed by atoms with Crippen LogP contribution < -0.4 is 5.43 Å². The maximum absolute atomic E-state index is 11.3. The van der Waals surface area contributed by atoms with Gasteiger partial charge < -0.3 is 9.47 Å². The van der Waals surface area contributed by atoms with Crippen molar-refractivity contribution in [3.05, 3.63) is 0 Å². The van der Waals surface area contributed by atoms with Gasteiger partial charge in [-0.2, -0.15) is 16.9 Å². The number of esters is 1. The summed E-state index contributed by atoms with van der Waals surface area (Å²) in [5.41, 5.74) is 2.86. The van der Waals surface area contributed by atoms with Crippen LogP contribution in [-0.4, -0.2) is 43.0 Å². The number of rotatable bonds is 3. The number of hydrogen-bond donors (Lipinski definition) is 1. The number of methoxy groups -OCH3 is 1. The number of thioether (sulfide) groups is 1. The van der Waals surface area contributed by atoms with Gasteiger partial charge in [0.2, 0.25) is 0 Å². The molecular weight excluding hydrogens is 232 g/mol. The predicted octanol–water partition coefficient (Wildman–Crippen LogP) is 0.624. The van der Waals surface area contributed by atoms with Gasteiger partial charge in [-0.15, -0.1) is 0 Å². The fourth-order valence-corrected chi connectivity index (χ4v) is 2.37. The molecule has 0 radical (unpaired) electrons. The van der Waals surface area contributed by atoms with Crippen molar-refractivity contribution in [3.8, 4) is 0 Å². The van der Waals surface area contributed by atoms with Crippen LogP contribution in [0.5, 0.6) is 0 Å². The fraction of sp³-hybridized carbons (Fsp3) is 0.667. The van der Waals surface area contributed by atoms with E-state index in [0.29, 0.717) is 17.2 Å². The number of nitrogens with zero attached hydrogens (tertiary/aromatic N) is 1. The lowest BCUT2D eigenvalue weighted by Crippen LogP contribution is -2.27. The summed E-state index contributed by atoms with van der Waals surface area (Å²) in [6.07, 6.45) is -0.615. The standard InChI is InChI=1S/C9H14N2O4S/c1-3-15-9(13)11-10-7-5-16-4-6(7)8(12)14-2/h6H,3-5H2,1-2H3,(H,11,13). The fourth-order valence-electron chi connectivity index (χ4n) is 1.22. The quantitative estimate of drug-likeness (QED) is 0.583. The van der Waals surface area contributed by atoms with Gasteiger partial charge in [-0.25, -0.2) is 10.2 Å². The molecule has 1 atom stereocenters. The largest absolute Gasteiger partial charge is 0.468 e. The zero-order valence-electron chi connectivity index (χ0n) is 9.19. The van der Waals surface area contributed by atoms with Gasteiger partial charge in [0.05, 0.1) is 19.4 Å². The SMILES string of the molecule is CCOC(=O)NN=C1CSCC1C(=O)OC. The van der Waals surface area contributed by atoms with Crippen LogP contribution in [0.1, 0.15) is 6.92 Å². The molecule has 16 heavy (non-hydrogen) atoms. The third-order valence-corrected chi connectivity index (χ3v) is 3.06. The van der Waals surface area contributed by atoms with Crippen molar-refractivity contribution in [3.63, 3.8) is 0 Å². The molecule has 1 fully saturated rings. The van der Waals surface area contributed by atoms with E-state index in [9.17, 15) is 9.59 Å². The summed E-state index contributed by atoms with van der Waals surface area (Å²) in [6.45, 7) is 1.99. The van der Waals surface area contributed by atoms with E-state index in [4.69, 9.17) is 0 Å². The second-order valence-corrected chi connectivity index (χ2v) is 4.06. The summed E-state index contributed by atoms with van der Waals surface area (Å²) >= 11 is 1.58. The monoisotopic (exact) mass is 246 g/mol. The van der Waals surface area contributed by atoms with Crippen LogP contribution in [0, 0.1) is 5.92 Å². The highest BCUT2D eigenvalue weighted by atomic mass is 32.2. The lowest BCUT2D eigenvalue weighted by Gasteiger charge is -2.07. The van der Waals surface area contributed by atoms with Gasteiger partial charge in [-0.05, 0) is 6.92 Å². The Morgan fingerprint density at radius 1 is 1.62 bits per heavy atom. The molecule has 0 spiro atoms. The summed E-state index contributed by atoms with van der Waals surface area (Å²) in [6, 6.07) is 0. The Balaban J connectivity index is 2.54. The average molecular weight is 246 g/mol. The predicted molar refractivity (Wildman–Crippen MR) is 60.4 cm³/mol. The number of nitrogens with one attached hydrogen (secondary N) is 1. The lowest BCUT2D eigenvalue weighted by atomic mass is 10.1. The molecule has 0 saturated carbocycles. The van der Waals surface area contributed by atoms with Gasteiger partial charge >= 0.3 is 12.1 Å². The topological polar surface area (TPSA) is 77.0 Å². The number of amides is 1. The molecule has 6 nitrogen and oxygen atoms in total. The Kier molecular flexibility index (Phi) is 5.10. The van der Waals surface area contributed by atoms with Gasteiger partial charge in [0, 0.05) is 11.5 Å². The molecule has 1 amide bonds. The van der Waals surface area contributed by atoms with Crippen molar-refractivity contribution in [2.75, 3.05) is 25.2 Å². The first-order valence-corrected chi connectivity index (χ1v) is 5.99. The summed E-state index contributed by atoms with van der Waals surface area (Å²) in [5, 5.41) is 3.86. The summed E-state index contributed by atoms with van der Waals surface area (Å²) < 4.78 is 9.29. The molecule has 1 rings (SSSR count). The van der Waals surface area contributed by atoms with Gasteiger partial charge in [-0.3, -0.25) is 4.79 Å². The number of carbonyl (C=O) groups excluding carboxylic acids is 2. The molecule has 90 valence electrons. The number of hydrazone groups is 1. The van der Waals surface area contributed by atoms with Crippen molar-refractivity contribution >= 4 is 29.5 Å². The van der Waals surface area contributed by atoms with E-state index in [-0.39, 0.29) is 18.5 Å². The zero-order valence-corrected chi connectivity index (χ0v) is 10.0. The Bertz CT molecular complexity index is 306. The molecule has 1 aliphatic rings. The molecule has 1 aliphatic heterocycles. The molecule has 1 N–H and O–H groups in total. The van der Waals surface area contributed by atoms with E-state index in [1.165, 1.54) is 7.11 Å². The van der Waals surface area contributed by atoms with Gasteiger partial charge in [0.25, 0.3) is 0 Å². The highest BCUT2D eigenvalue weighted by Gasteiger charge is 2.31. The van der Waals surface area contributed by atoms with E-state index in [1.807, 2.05) is 0 Å². The smallest absolute Gasteiger partial charge is 0.427 e. The first-order chi connectivity index (χ1) is 7.69. The summed E-state index contributed by atoms with van der Waals surface area (Å²) in [4.78, 5) is 22.3. The molecule has 1 unspecified atom stereocenters. The molecule has 0 bridgehead atoms. The van der Waals surface area contributed by atoms with Crippen LogP contribution in [0.4, 0.5) is 4.79 Å². The van der Waals surface area contributed by atoms with Gasteiger partial charge in [0.15, 0.2) is 0 Å². The first kappa shape index (κ1) is 12.8. The van der Waals surface area contributed by atoms with Crippen molar-refractivity contribution < 1.29 is 19.1 Å². The molecule has 0 aromatic heterocycles. The van der Waals surface area contributed by atoms with Crippen LogP contribution in [0.3, 0.4) is 0 Å². The van der Waals surface area contributed by atoms with Crippen molar-refractivity contribution in [2.24, 2.45) is 11.0 Å². The molecule has 0 aromatic rings. The molecule has 0 aromatic carbocycles. The molecular formula is C9H14N2O4S. The van der Waals surface area contributed by atoms with E-state index in [0.717, 1.165) is 0 Å². The van der Waals surface area contributed by atoms with Gasteiger partial charge in [0.1, 0.15) is 5.92 Å². The average Bonchev–Trinajstić information content (AvgIpc) is 2.74. The minimum Gasteiger partial charge on any atom is -0.468 e. The minimum atomic E-state index is -0.615. The first-order valence-electron chi connectivity index (χ1n) is 4.83. The Morgan fingerprint density at radius 3 is 3.00 bits per heavy atom. The Labute approximate surface area is 97.7 Å². The molecule has 7 heteroatoms. The van der Waals surface area contributed by atoms with E-state index in [2.05, 4.69) is 20.0 Å². The van der Waals surface area contributed by atoms with Crippen LogP contribution >= 0.6 is 11.8 Å². The van der Waals surface area contributed by atoms with Crippen molar-refractivity contribution in [1.29, 1.82) is 0 Å². The summed E-state index contributed by atoms with van der Waals surface area (Å²) in [5.74, 6) is 0.564. The molecule has 0 aliphatic carbocycles. The van der Waals surface area contributed by atoms with Crippen LogP contribution in [-0.2, 0) is 14.3 Å². The zero-order chi connectivity index (χ0) is 12.0. The third kappa shape index (κ3) is 3.41. The Hall–Kier alpha value is -1.24. The normalized spacial score (nSPS) is 21.9. The molecule has 1 heterocycles. The maximum Gasteiger partial charge on any atom is 0.427 e. The summed E-state index contributed by atoms with van der Waals surface area (Å²) in [7, 11) is 1.34. The highest BCUT2D eigenvalue weighted by Crippen LogP contribution is 2.22. The van der Waals surface area contributed by atoms with Crippen LogP contribution in [0.25, 0.3) is 0 Å². The van der Waals surface area contributed by atoms with Gasteiger partial charge in [-0.1, -0.05) is 0 Å². The van der Waals surface area contributed by atoms with Crippen molar-refractivity contribution in [2.45, 2.75) is 6.92 Å². The highest BCUT2D eigenvalue weighted by molar-refractivity contribution is 8.00. The van der Waals surface area contributed by atoms with Crippen LogP contribution in [0.2, 0.25) is 0 Å². The Morgan fingerprint density at radius 2 is 2.38 bits per heavy atom. The van der Waals surface area contributed by atoms with Crippen LogP contribution in [0.15, 0.2) is 5.10 Å². The minimum absolute atomic E-state index is 0.284. The van der Waals surface area contributed by atoms with E-state index < -0.39 is 6.09 Å².